The van der Waals surface area contributed by atoms with Crippen molar-refractivity contribution in [1.82, 2.24) is 15.2 Å². The van der Waals surface area contributed by atoms with Crippen molar-refractivity contribution in [2.75, 3.05) is 44.2 Å². The molecule has 1 fully saturated rings. The van der Waals surface area contributed by atoms with Crippen molar-refractivity contribution < 1.29 is 4.79 Å². The Kier molecular flexibility index (Phi) is 9.20. The minimum absolute atomic E-state index is 0. The van der Waals surface area contributed by atoms with Gasteiger partial charge in [0.05, 0.1) is 5.56 Å². The first-order valence-corrected chi connectivity index (χ1v) is 12.1. The molecule has 2 N–H and O–H groups in total. The van der Waals surface area contributed by atoms with Crippen LogP contribution >= 0.6 is 12.4 Å². The van der Waals surface area contributed by atoms with Gasteiger partial charge in [0.15, 0.2) is 0 Å². The van der Waals surface area contributed by atoms with Crippen LogP contribution in [0, 0.1) is 20.8 Å². The zero-order chi connectivity index (χ0) is 23.2. The van der Waals surface area contributed by atoms with Gasteiger partial charge in [0.2, 0.25) is 0 Å². The number of aromatic amines is 1. The molecular weight excluding hydrogens is 444 g/mol. The predicted molar refractivity (Wildman–Crippen MR) is 144 cm³/mol. The van der Waals surface area contributed by atoms with E-state index in [0.29, 0.717) is 6.54 Å². The van der Waals surface area contributed by atoms with E-state index >= 15 is 0 Å². The van der Waals surface area contributed by atoms with E-state index in [1.165, 1.54) is 16.8 Å². The highest BCUT2D eigenvalue weighted by Crippen LogP contribution is 2.24. The van der Waals surface area contributed by atoms with Crippen molar-refractivity contribution >= 4 is 24.0 Å². The molecule has 34 heavy (non-hydrogen) atoms. The first-order chi connectivity index (χ1) is 16.0. The van der Waals surface area contributed by atoms with E-state index in [1.54, 1.807) is 0 Å². The molecule has 5 nitrogen and oxygen atoms in total. The van der Waals surface area contributed by atoms with E-state index in [1.807, 2.05) is 31.2 Å². The summed E-state index contributed by atoms with van der Waals surface area (Å²) in [5.74, 6) is 0.00747. The number of H-pyrrole nitrogens is 1. The molecule has 0 aliphatic carbocycles. The molecule has 3 aromatic rings. The van der Waals surface area contributed by atoms with E-state index < -0.39 is 0 Å². The number of amides is 1. The molecule has 1 aliphatic heterocycles. The average molecular weight is 481 g/mol. The molecule has 1 amide bonds. The van der Waals surface area contributed by atoms with Crippen molar-refractivity contribution in [3.05, 3.63) is 77.0 Å². The van der Waals surface area contributed by atoms with E-state index in [2.05, 4.69) is 64.3 Å². The fourth-order valence-corrected chi connectivity index (χ4v) is 4.62. The number of anilines is 1. The molecule has 2 aromatic carbocycles. The van der Waals surface area contributed by atoms with Crippen LogP contribution in [0.4, 0.5) is 5.69 Å². The van der Waals surface area contributed by atoms with Gasteiger partial charge >= 0.3 is 0 Å². The van der Waals surface area contributed by atoms with Gasteiger partial charge in [0.1, 0.15) is 0 Å². The van der Waals surface area contributed by atoms with Crippen molar-refractivity contribution in [3.8, 4) is 11.3 Å². The predicted octanol–water partition coefficient (Wildman–Crippen LogP) is 5.36. The van der Waals surface area contributed by atoms with Gasteiger partial charge in [0.25, 0.3) is 5.91 Å². The smallest absolute Gasteiger partial charge is 0.253 e. The maximum Gasteiger partial charge on any atom is 0.253 e. The number of rotatable bonds is 8. The second kappa shape index (κ2) is 12.1. The molecular formula is C28H37ClN4O. The van der Waals surface area contributed by atoms with Crippen LogP contribution in [0.5, 0.6) is 0 Å². The first-order valence-electron chi connectivity index (χ1n) is 12.1. The molecule has 1 saturated heterocycles. The second-order valence-electron chi connectivity index (χ2n) is 9.10. The summed E-state index contributed by atoms with van der Waals surface area (Å²) in [6, 6.07) is 18.7. The number of nitrogens with zero attached hydrogens (tertiary/aromatic N) is 2. The molecule has 0 atom stereocenters. The highest BCUT2D eigenvalue weighted by atomic mass is 35.5. The molecule has 2 heterocycles. The SMILES string of the molecule is Cc1cccc(N2CCN(CCCCNC(=O)c3cc(-c4ccccc4)[nH]c3C)CC2)c1C.Cl. The first kappa shape index (κ1) is 25.9. The Morgan fingerprint density at radius 2 is 1.68 bits per heavy atom. The van der Waals surface area contributed by atoms with Gasteiger partial charge in [0, 0.05) is 49.8 Å². The van der Waals surface area contributed by atoms with Crippen LogP contribution in [0.2, 0.25) is 0 Å². The molecule has 0 saturated carbocycles. The van der Waals surface area contributed by atoms with E-state index in [0.717, 1.165) is 68.1 Å². The molecule has 6 heteroatoms. The van der Waals surface area contributed by atoms with Crippen LogP contribution in [-0.2, 0) is 0 Å². The summed E-state index contributed by atoms with van der Waals surface area (Å²) in [6.45, 7) is 12.5. The molecule has 1 aromatic heterocycles. The monoisotopic (exact) mass is 480 g/mol. The summed E-state index contributed by atoms with van der Waals surface area (Å²) in [6.07, 6.45) is 2.10. The van der Waals surface area contributed by atoms with Gasteiger partial charge in [-0.25, -0.2) is 0 Å². The number of carbonyl (C=O) groups is 1. The summed E-state index contributed by atoms with van der Waals surface area (Å²) in [5, 5.41) is 3.10. The van der Waals surface area contributed by atoms with E-state index in [9.17, 15) is 4.79 Å². The minimum atomic E-state index is 0. The van der Waals surface area contributed by atoms with Gasteiger partial charge in [-0.2, -0.15) is 0 Å². The Morgan fingerprint density at radius 3 is 2.41 bits per heavy atom. The third-order valence-electron chi connectivity index (χ3n) is 6.82. The Balaban J connectivity index is 0.00000324. The molecule has 4 rings (SSSR count). The van der Waals surface area contributed by atoms with Crippen molar-refractivity contribution in [3.63, 3.8) is 0 Å². The van der Waals surface area contributed by atoms with Crippen molar-refractivity contribution in [2.45, 2.75) is 33.6 Å². The number of hydrogen-bond donors (Lipinski definition) is 2. The van der Waals surface area contributed by atoms with E-state index in [-0.39, 0.29) is 18.3 Å². The number of unbranched alkanes of at least 4 members (excludes halogenated alkanes) is 1. The third-order valence-corrected chi connectivity index (χ3v) is 6.82. The Labute approximate surface area is 210 Å². The lowest BCUT2D eigenvalue weighted by molar-refractivity contribution is 0.0952. The summed E-state index contributed by atoms with van der Waals surface area (Å²) < 4.78 is 0. The quantitative estimate of drug-likeness (QED) is 0.426. The number of benzene rings is 2. The van der Waals surface area contributed by atoms with Crippen LogP contribution in [0.15, 0.2) is 54.6 Å². The maximum absolute atomic E-state index is 12.7. The summed E-state index contributed by atoms with van der Waals surface area (Å²) in [4.78, 5) is 21.1. The van der Waals surface area contributed by atoms with Gasteiger partial charge < -0.3 is 15.2 Å². The van der Waals surface area contributed by atoms with E-state index in [4.69, 9.17) is 0 Å². The van der Waals surface area contributed by atoms with Gasteiger partial charge in [-0.3, -0.25) is 9.69 Å². The summed E-state index contributed by atoms with van der Waals surface area (Å²) in [7, 11) is 0. The Hall–Kier alpha value is -2.76. The standard InChI is InChI=1S/C28H36N4O.ClH/c1-21-10-9-13-27(22(21)2)32-18-16-31(17-19-32)15-8-7-14-29-28(33)25-20-26(30-23(25)3)24-11-5-4-6-12-24;/h4-6,9-13,20,30H,7-8,14-19H2,1-3H3,(H,29,33);1H. The molecule has 1 aliphatic rings. The highest BCUT2D eigenvalue weighted by Gasteiger charge is 2.18. The zero-order valence-corrected chi connectivity index (χ0v) is 21.4. The highest BCUT2D eigenvalue weighted by molar-refractivity contribution is 5.96. The normalized spacial score (nSPS) is 14.0. The van der Waals surface area contributed by atoms with Crippen LogP contribution in [0.1, 0.15) is 40.0 Å². The van der Waals surface area contributed by atoms with Crippen LogP contribution in [0.25, 0.3) is 11.3 Å². The zero-order valence-electron chi connectivity index (χ0n) is 20.6. The van der Waals surface area contributed by atoms with Crippen molar-refractivity contribution in [2.24, 2.45) is 0 Å². The van der Waals surface area contributed by atoms with Crippen molar-refractivity contribution in [1.29, 1.82) is 0 Å². The van der Waals surface area contributed by atoms with Crippen LogP contribution < -0.4 is 10.2 Å². The maximum atomic E-state index is 12.7. The van der Waals surface area contributed by atoms with Crippen LogP contribution in [0.3, 0.4) is 0 Å². The number of piperazine rings is 1. The van der Waals surface area contributed by atoms with Gasteiger partial charge in [-0.05, 0) is 69.0 Å². The number of aromatic nitrogens is 1. The number of carbonyl (C=O) groups excluding carboxylic acids is 1. The van der Waals surface area contributed by atoms with Gasteiger partial charge in [-0.15, -0.1) is 12.4 Å². The average Bonchev–Trinajstić information content (AvgIpc) is 3.23. The molecule has 0 radical (unpaired) electrons. The molecule has 0 spiro atoms. The number of halogens is 1. The lowest BCUT2D eigenvalue weighted by atomic mass is 10.1. The third kappa shape index (κ3) is 6.22. The Bertz CT molecular complexity index is 1070. The topological polar surface area (TPSA) is 51.4 Å². The summed E-state index contributed by atoms with van der Waals surface area (Å²) in [5.41, 5.74) is 7.87. The second-order valence-corrected chi connectivity index (χ2v) is 9.10. The lowest BCUT2D eigenvalue weighted by Gasteiger charge is -2.37. The van der Waals surface area contributed by atoms with Crippen LogP contribution in [-0.4, -0.2) is 55.1 Å². The fraction of sp³-hybridized carbons (Fsp3) is 0.393. The molecule has 0 bridgehead atoms. The lowest BCUT2D eigenvalue weighted by Crippen LogP contribution is -2.47. The van der Waals surface area contributed by atoms with Gasteiger partial charge in [-0.1, -0.05) is 42.5 Å². The fourth-order valence-electron chi connectivity index (χ4n) is 4.62. The summed E-state index contributed by atoms with van der Waals surface area (Å²) >= 11 is 0. The number of nitrogens with one attached hydrogen (secondary N) is 2. The molecule has 182 valence electrons. The molecule has 0 unspecified atom stereocenters. The number of hydrogen-bond acceptors (Lipinski definition) is 3. The minimum Gasteiger partial charge on any atom is -0.369 e. The number of aryl methyl sites for hydroxylation is 2. The Morgan fingerprint density at radius 1 is 0.941 bits per heavy atom. The largest absolute Gasteiger partial charge is 0.369 e.